The van der Waals surface area contributed by atoms with Gasteiger partial charge in [-0.15, -0.1) is 11.8 Å². The molecule has 2 aromatic rings. The molecule has 1 unspecified atom stereocenters. The van der Waals surface area contributed by atoms with Crippen LogP contribution in [-0.4, -0.2) is 53.6 Å². The highest BCUT2D eigenvalue weighted by Gasteiger charge is 2.29. The van der Waals surface area contributed by atoms with Crippen molar-refractivity contribution in [1.29, 1.82) is 0 Å². The zero-order chi connectivity index (χ0) is 20.2. The number of benzene rings is 1. The number of likely N-dealkylation sites (tertiary alicyclic amines) is 1. The van der Waals surface area contributed by atoms with Gasteiger partial charge in [-0.2, -0.15) is 0 Å². The van der Waals surface area contributed by atoms with E-state index in [1.54, 1.807) is 23.9 Å². The molecule has 0 aliphatic carbocycles. The Kier molecular flexibility index (Phi) is 6.37. The van der Waals surface area contributed by atoms with Crippen molar-refractivity contribution in [2.45, 2.75) is 17.7 Å². The van der Waals surface area contributed by atoms with Gasteiger partial charge in [-0.3, -0.25) is 14.5 Å². The lowest BCUT2D eigenvalue weighted by molar-refractivity contribution is -0.124. The number of amides is 2. The van der Waals surface area contributed by atoms with Crippen molar-refractivity contribution in [2.75, 3.05) is 42.1 Å². The van der Waals surface area contributed by atoms with Crippen molar-refractivity contribution < 1.29 is 9.59 Å². The maximum absolute atomic E-state index is 13.0. The number of piperidine rings is 1. The van der Waals surface area contributed by atoms with E-state index in [1.807, 2.05) is 23.1 Å². The van der Waals surface area contributed by atoms with E-state index in [9.17, 15) is 9.59 Å². The molecule has 1 aromatic carbocycles. The average Bonchev–Trinajstić information content (AvgIpc) is 2.75. The van der Waals surface area contributed by atoms with Crippen LogP contribution in [-0.2, 0) is 9.59 Å². The van der Waals surface area contributed by atoms with Gasteiger partial charge in [0.25, 0.3) is 0 Å². The number of nitrogens with zero attached hydrogens (tertiary/aromatic N) is 3. The lowest BCUT2D eigenvalue weighted by atomic mass is 9.97. The van der Waals surface area contributed by atoms with Crippen molar-refractivity contribution in [3.63, 3.8) is 0 Å². The van der Waals surface area contributed by atoms with Crippen molar-refractivity contribution in [2.24, 2.45) is 5.92 Å². The minimum atomic E-state index is -0.154. The van der Waals surface area contributed by atoms with E-state index in [0.29, 0.717) is 23.9 Å². The molecule has 2 aliphatic rings. The molecule has 0 saturated carbocycles. The smallest absolute Gasteiger partial charge is 0.241 e. The maximum Gasteiger partial charge on any atom is 0.241 e. The Labute approximate surface area is 179 Å². The van der Waals surface area contributed by atoms with E-state index in [2.05, 4.69) is 21.3 Å². The summed E-state index contributed by atoms with van der Waals surface area (Å²) in [5.41, 5.74) is 0.994. The number of nitrogens with one attached hydrogen (secondary N) is 1. The Morgan fingerprint density at radius 1 is 1.21 bits per heavy atom. The molecule has 6 nitrogen and oxygen atoms in total. The van der Waals surface area contributed by atoms with Crippen molar-refractivity contribution in [1.82, 2.24) is 9.88 Å². The number of carbonyl (C=O) groups excluding carboxylic acids is 2. The molecule has 3 heterocycles. The van der Waals surface area contributed by atoms with Crippen molar-refractivity contribution >= 4 is 46.7 Å². The predicted molar refractivity (Wildman–Crippen MR) is 117 cm³/mol. The van der Waals surface area contributed by atoms with E-state index < -0.39 is 0 Å². The third-order valence-electron chi connectivity index (χ3n) is 5.24. The molecule has 1 saturated heterocycles. The fourth-order valence-electron chi connectivity index (χ4n) is 3.80. The van der Waals surface area contributed by atoms with Gasteiger partial charge in [0.15, 0.2) is 0 Å². The second-order valence-electron chi connectivity index (χ2n) is 7.29. The molecule has 1 N–H and O–H groups in total. The number of carbonyl (C=O) groups is 2. The lowest BCUT2D eigenvalue weighted by Crippen LogP contribution is -2.47. The summed E-state index contributed by atoms with van der Waals surface area (Å²) in [6, 6.07) is 11.4. The molecule has 1 atom stereocenters. The normalized spacial score (nSPS) is 19.5. The summed E-state index contributed by atoms with van der Waals surface area (Å²) in [6.07, 6.45) is 3.22. The summed E-state index contributed by atoms with van der Waals surface area (Å²) in [7, 11) is 0. The second kappa shape index (κ2) is 9.15. The first-order valence-electron chi connectivity index (χ1n) is 9.77. The van der Waals surface area contributed by atoms with Crippen LogP contribution < -0.4 is 10.2 Å². The number of para-hydroxylation sites is 1. The van der Waals surface area contributed by atoms with Crippen LogP contribution in [0.4, 0.5) is 11.5 Å². The molecule has 2 aliphatic heterocycles. The fourth-order valence-corrected chi connectivity index (χ4v) is 4.90. The Morgan fingerprint density at radius 3 is 2.90 bits per heavy atom. The zero-order valence-corrected chi connectivity index (χ0v) is 17.6. The van der Waals surface area contributed by atoms with Crippen LogP contribution in [0.2, 0.25) is 5.02 Å². The molecule has 152 valence electrons. The monoisotopic (exact) mass is 430 g/mol. The topological polar surface area (TPSA) is 65.5 Å². The van der Waals surface area contributed by atoms with Crippen LogP contribution in [0.5, 0.6) is 0 Å². The number of halogens is 1. The molecule has 0 radical (unpaired) electrons. The van der Waals surface area contributed by atoms with Crippen LogP contribution >= 0.6 is 23.4 Å². The first-order valence-corrected chi connectivity index (χ1v) is 11.1. The highest BCUT2D eigenvalue weighted by atomic mass is 35.5. The molecule has 2 amide bonds. The third kappa shape index (κ3) is 4.91. The number of hydrogen-bond acceptors (Lipinski definition) is 5. The Hall–Kier alpha value is -2.09. The number of rotatable bonds is 4. The van der Waals surface area contributed by atoms with E-state index in [1.165, 1.54) is 6.20 Å². The van der Waals surface area contributed by atoms with Crippen molar-refractivity contribution in [3.8, 4) is 0 Å². The first kappa shape index (κ1) is 20.2. The van der Waals surface area contributed by atoms with Gasteiger partial charge in [0.05, 0.1) is 23.2 Å². The Balaban J connectivity index is 1.36. The maximum atomic E-state index is 13.0. The van der Waals surface area contributed by atoms with Gasteiger partial charge < -0.3 is 10.2 Å². The number of anilines is 2. The number of thioether (sulfide) groups is 1. The zero-order valence-electron chi connectivity index (χ0n) is 16.0. The average molecular weight is 431 g/mol. The largest absolute Gasteiger partial charge is 0.310 e. The molecule has 1 aromatic heterocycles. The van der Waals surface area contributed by atoms with Crippen LogP contribution in [0.1, 0.15) is 12.8 Å². The highest BCUT2D eigenvalue weighted by Crippen LogP contribution is 2.34. The molecule has 29 heavy (non-hydrogen) atoms. The van der Waals surface area contributed by atoms with E-state index >= 15 is 0 Å². The first-order chi connectivity index (χ1) is 14.1. The van der Waals surface area contributed by atoms with Gasteiger partial charge in [0.2, 0.25) is 11.8 Å². The molecule has 0 spiro atoms. The summed E-state index contributed by atoms with van der Waals surface area (Å²) in [5.74, 6) is 1.28. The number of fused-ring (bicyclic) bond motifs is 1. The predicted octanol–water partition coefficient (Wildman–Crippen LogP) is 3.52. The lowest BCUT2D eigenvalue weighted by Gasteiger charge is -2.34. The summed E-state index contributed by atoms with van der Waals surface area (Å²) in [6.45, 7) is 2.47. The van der Waals surface area contributed by atoms with Gasteiger partial charge in [0.1, 0.15) is 5.82 Å². The molecule has 0 bridgehead atoms. The van der Waals surface area contributed by atoms with E-state index in [4.69, 9.17) is 11.6 Å². The summed E-state index contributed by atoms with van der Waals surface area (Å²) in [4.78, 5) is 34.9. The minimum absolute atomic E-state index is 0.0586. The van der Waals surface area contributed by atoms with Crippen LogP contribution in [0.3, 0.4) is 0 Å². The van der Waals surface area contributed by atoms with Gasteiger partial charge in [-0.25, -0.2) is 4.98 Å². The second-order valence-corrected chi connectivity index (χ2v) is 8.86. The van der Waals surface area contributed by atoms with Gasteiger partial charge in [0, 0.05) is 29.9 Å². The fraction of sp³-hybridized carbons (Fsp3) is 0.381. The van der Waals surface area contributed by atoms with Gasteiger partial charge >= 0.3 is 0 Å². The summed E-state index contributed by atoms with van der Waals surface area (Å²) in [5, 5.41) is 3.39. The van der Waals surface area contributed by atoms with Crippen LogP contribution in [0.25, 0.3) is 0 Å². The Bertz CT molecular complexity index is 893. The number of pyridine rings is 1. The molecule has 8 heteroatoms. The quantitative estimate of drug-likeness (QED) is 0.803. The van der Waals surface area contributed by atoms with E-state index in [-0.39, 0.29) is 17.7 Å². The van der Waals surface area contributed by atoms with E-state index in [0.717, 1.165) is 42.3 Å². The highest BCUT2D eigenvalue weighted by molar-refractivity contribution is 7.99. The summed E-state index contributed by atoms with van der Waals surface area (Å²) >= 11 is 7.63. The number of aromatic nitrogens is 1. The van der Waals surface area contributed by atoms with Crippen LogP contribution in [0.15, 0.2) is 47.5 Å². The number of hydrogen-bond donors (Lipinski definition) is 1. The SMILES string of the molecule is O=C(Nc1ccc(Cl)cn1)C1CCCN(CC(=O)N2CCSc3ccccc32)C1. The molecule has 1 fully saturated rings. The third-order valence-corrected chi connectivity index (χ3v) is 6.51. The Morgan fingerprint density at radius 2 is 2.07 bits per heavy atom. The molecule has 4 rings (SSSR count). The molecular weight excluding hydrogens is 408 g/mol. The van der Waals surface area contributed by atoms with Crippen LogP contribution in [0, 0.1) is 5.92 Å². The molecular formula is C21H23ClN4O2S. The standard InChI is InChI=1S/C21H23ClN4O2S/c22-16-7-8-19(23-12-16)24-21(28)15-4-3-9-25(13-15)14-20(27)26-10-11-29-18-6-2-1-5-17(18)26/h1-2,5-8,12,15H,3-4,9-11,13-14H2,(H,23,24,28). The summed E-state index contributed by atoms with van der Waals surface area (Å²) < 4.78 is 0. The van der Waals surface area contributed by atoms with Gasteiger partial charge in [-0.05, 0) is 43.7 Å². The van der Waals surface area contributed by atoms with Crippen molar-refractivity contribution in [3.05, 3.63) is 47.6 Å². The van der Waals surface area contributed by atoms with Gasteiger partial charge in [-0.1, -0.05) is 23.7 Å². The minimum Gasteiger partial charge on any atom is -0.310 e.